The first-order valence-electron chi connectivity index (χ1n) is 5.73. The van der Waals surface area contributed by atoms with Crippen LogP contribution in [0.2, 0.25) is 0 Å². The van der Waals surface area contributed by atoms with Crippen LogP contribution in [-0.4, -0.2) is 18.2 Å². The van der Waals surface area contributed by atoms with E-state index in [2.05, 4.69) is 5.32 Å². The summed E-state index contributed by atoms with van der Waals surface area (Å²) in [5, 5.41) is 3.34. The third kappa shape index (κ3) is 2.64. The van der Waals surface area contributed by atoms with Crippen molar-refractivity contribution in [2.75, 3.05) is 6.61 Å². The summed E-state index contributed by atoms with van der Waals surface area (Å²) in [6, 6.07) is 3.40. The summed E-state index contributed by atoms with van der Waals surface area (Å²) in [6.07, 6.45) is -0.446. The van der Waals surface area contributed by atoms with Crippen LogP contribution in [-0.2, 0) is 4.74 Å². The summed E-state index contributed by atoms with van der Waals surface area (Å²) < 4.78 is 32.4. The van der Waals surface area contributed by atoms with Crippen molar-refractivity contribution in [3.8, 4) is 0 Å². The Bertz CT molecular complexity index is 420. The van der Waals surface area contributed by atoms with E-state index >= 15 is 0 Å². The van der Waals surface area contributed by atoms with E-state index < -0.39 is 17.7 Å². The molecule has 0 saturated carbocycles. The van der Waals surface area contributed by atoms with Gasteiger partial charge in [-0.05, 0) is 39.0 Å². The molecule has 1 heterocycles. The van der Waals surface area contributed by atoms with Crippen LogP contribution in [0.25, 0.3) is 0 Å². The topological polar surface area (TPSA) is 21.3 Å². The van der Waals surface area contributed by atoms with E-state index in [9.17, 15) is 8.78 Å². The Hall–Kier alpha value is -1.00. The lowest BCUT2D eigenvalue weighted by Crippen LogP contribution is -2.55. The minimum Gasteiger partial charge on any atom is -0.370 e. The fourth-order valence-corrected chi connectivity index (χ4v) is 2.27. The lowest BCUT2D eigenvalue weighted by Gasteiger charge is -2.41. The van der Waals surface area contributed by atoms with Crippen molar-refractivity contribution >= 4 is 0 Å². The van der Waals surface area contributed by atoms with Crippen molar-refractivity contribution in [2.45, 2.75) is 38.5 Å². The van der Waals surface area contributed by atoms with E-state index in [1.165, 1.54) is 6.07 Å². The van der Waals surface area contributed by atoms with Crippen molar-refractivity contribution in [1.82, 2.24) is 5.32 Å². The van der Waals surface area contributed by atoms with E-state index in [0.29, 0.717) is 6.61 Å². The van der Waals surface area contributed by atoms with Gasteiger partial charge in [0.1, 0.15) is 17.7 Å². The van der Waals surface area contributed by atoms with Gasteiger partial charge < -0.3 is 10.1 Å². The Kier molecular flexibility index (Phi) is 3.19. The lowest BCUT2D eigenvalue weighted by atomic mass is 9.95. The van der Waals surface area contributed by atoms with Crippen molar-refractivity contribution < 1.29 is 13.5 Å². The summed E-state index contributed by atoms with van der Waals surface area (Å²) in [4.78, 5) is 0. The summed E-state index contributed by atoms with van der Waals surface area (Å²) >= 11 is 0. The molecule has 0 aromatic heterocycles. The zero-order chi connectivity index (χ0) is 12.6. The summed E-state index contributed by atoms with van der Waals surface area (Å²) in [7, 11) is 0. The van der Waals surface area contributed by atoms with Gasteiger partial charge >= 0.3 is 0 Å². The van der Waals surface area contributed by atoms with Gasteiger partial charge in [-0.2, -0.15) is 0 Å². The normalized spacial score (nSPS) is 28.1. The molecule has 1 N–H and O–H groups in total. The maximum absolute atomic E-state index is 13.6. The summed E-state index contributed by atoms with van der Waals surface area (Å²) in [5.74, 6) is -0.869. The number of rotatable bonds is 1. The third-order valence-corrected chi connectivity index (χ3v) is 2.96. The average molecular weight is 241 g/mol. The molecule has 1 saturated heterocycles. The number of nitrogens with one attached hydrogen (secondary N) is 1. The van der Waals surface area contributed by atoms with Gasteiger partial charge in [-0.15, -0.1) is 0 Å². The number of benzene rings is 1. The third-order valence-electron chi connectivity index (χ3n) is 2.96. The molecule has 4 heteroatoms. The standard InChI is InChI=1S/C13H17F2NO/c1-8-12(17-7-13(2,3)16-8)10-6-9(14)4-5-11(10)15/h4-6,8,12,16H,7H2,1-3H3. The Labute approximate surface area is 100.0 Å². The number of halogens is 2. The van der Waals surface area contributed by atoms with Gasteiger partial charge in [-0.25, -0.2) is 8.78 Å². The maximum atomic E-state index is 13.6. The highest BCUT2D eigenvalue weighted by Gasteiger charge is 2.34. The van der Waals surface area contributed by atoms with Gasteiger partial charge in [0.05, 0.1) is 6.61 Å². The molecule has 94 valence electrons. The highest BCUT2D eigenvalue weighted by molar-refractivity contribution is 5.23. The molecule has 0 radical (unpaired) electrons. The molecule has 0 bridgehead atoms. The molecule has 17 heavy (non-hydrogen) atoms. The minimum atomic E-state index is -0.446. The number of morpholine rings is 1. The monoisotopic (exact) mass is 241 g/mol. The van der Waals surface area contributed by atoms with E-state index in [4.69, 9.17) is 4.74 Å². The Balaban J connectivity index is 2.26. The predicted molar refractivity (Wildman–Crippen MR) is 61.7 cm³/mol. The lowest BCUT2D eigenvalue weighted by molar-refractivity contribution is -0.0512. The van der Waals surface area contributed by atoms with Crippen LogP contribution in [0.5, 0.6) is 0 Å². The molecular formula is C13H17F2NO. The van der Waals surface area contributed by atoms with Crippen LogP contribution < -0.4 is 5.32 Å². The Morgan fingerprint density at radius 1 is 1.35 bits per heavy atom. The van der Waals surface area contributed by atoms with Crippen molar-refractivity contribution in [2.24, 2.45) is 0 Å². The van der Waals surface area contributed by atoms with Crippen LogP contribution >= 0.6 is 0 Å². The highest BCUT2D eigenvalue weighted by Crippen LogP contribution is 2.30. The number of hydrogen-bond donors (Lipinski definition) is 1. The second-order valence-corrected chi connectivity index (χ2v) is 5.21. The molecule has 2 rings (SSSR count). The van der Waals surface area contributed by atoms with Gasteiger partial charge in [0.25, 0.3) is 0 Å². The number of hydrogen-bond acceptors (Lipinski definition) is 2. The first-order chi connectivity index (χ1) is 7.89. The molecular weight excluding hydrogens is 224 g/mol. The summed E-state index contributed by atoms with van der Waals surface area (Å²) in [5.41, 5.74) is 0.139. The van der Waals surface area contributed by atoms with Gasteiger partial charge in [-0.3, -0.25) is 0 Å². The fourth-order valence-electron chi connectivity index (χ4n) is 2.27. The smallest absolute Gasteiger partial charge is 0.129 e. The number of ether oxygens (including phenoxy) is 1. The molecule has 1 aliphatic heterocycles. The second-order valence-electron chi connectivity index (χ2n) is 5.21. The SMILES string of the molecule is CC1NC(C)(C)COC1c1cc(F)ccc1F. The quantitative estimate of drug-likeness (QED) is 0.816. The largest absolute Gasteiger partial charge is 0.370 e. The van der Waals surface area contributed by atoms with Crippen molar-refractivity contribution in [1.29, 1.82) is 0 Å². The Morgan fingerprint density at radius 2 is 2.06 bits per heavy atom. The van der Waals surface area contributed by atoms with Crippen LogP contribution in [0.4, 0.5) is 8.78 Å². The average Bonchev–Trinajstić information content (AvgIpc) is 2.21. The summed E-state index contributed by atoms with van der Waals surface area (Å²) in [6.45, 7) is 6.41. The molecule has 1 aliphatic rings. The minimum absolute atomic E-state index is 0.0601. The first-order valence-corrected chi connectivity index (χ1v) is 5.73. The van der Waals surface area contributed by atoms with Gasteiger partial charge in [0.2, 0.25) is 0 Å². The maximum Gasteiger partial charge on any atom is 0.129 e. The molecule has 2 atom stereocenters. The van der Waals surface area contributed by atoms with Gasteiger partial charge in [0, 0.05) is 17.1 Å². The molecule has 2 nitrogen and oxygen atoms in total. The second kappa shape index (κ2) is 4.35. The van der Waals surface area contributed by atoms with Crippen molar-refractivity contribution in [3.63, 3.8) is 0 Å². The molecule has 2 unspecified atom stereocenters. The predicted octanol–water partition coefficient (Wildman–Crippen LogP) is 2.79. The van der Waals surface area contributed by atoms with E-state index in [1.54, 1.807) is 0 Å². The van der Waals surface area contributed by atoms with E-state index in [0.717, 1.165) is 12.1 Å². The van der Waals surface area contributed by atoms with Crippen LogP contribution in [0, 0.1) is 11.6 Å². The molecule has 0 aliphatic carbocycles. The van der Waals surface area contributed by atoms with Crippen LogP contribution in [0.15, 0.2) is 18.2 Å². The highest BCUT2D eigenvalue weighted by atomic mass is 19.1. The molecule has 1 fully saturated rings. The van der Waals surface area contributed by atoms with Gasteiger partial charge in [-0.1, -0.05) is 0 Å². The molecule has 1 aromatic carbocycles. The van der Waals surface area contributed by atoms with Gasteiger partial charge in [0.15, 0.2) is 0 Å². The zero-order valence-electron chi connectivity index (χ0n) is 10.3. The molecule has 0 amide bonds. The fraction of sp³-hybridized carbons (Fsp3) is 0.538. The molecule has 1 aromatic rings. The van der Waals surface area contributed by atoms with E-state index in [-0.39, 0.29) is 17.1 Å². The van der Waals surface area contributed by atoms with E-state index in [1.807, 2.05) is 20.8 Å². The van der Waals surface area contributed by atoms with Crippen molar-refractivity contribution in [3.05, 3.63) is 35.4 Å². The van der Waals surface area contributed by atoms with Crippen LogP contribution in [0.1, 0.15) is 32.4 Å². The first kappa shape index (κ1) is 12.5. The molecule has 0 spiro atoms. The Morgan fingerprint density at radius 3 is 2.71 bits per heavy atom. The zero-order valence-corrected chi connectivity index (χ0v) is 10.3. The van der Waals surface area contributed by atoms with Crippen LogP contribution in [0.3, 0.4) is 0 Å².